The van der Waals surface area contributed by atoms with Gasteiger partial charge in [0.05, 0.1) is 13.7 Å². The summed E-state index contributed by atoms with van der Waals surface area (Å²) in [5, 5.41) is 11.9. The molecule has 1 aromatic carbocycles. The highest BCUT2D eigenvalue weighted by molar-refractivity contribution is 7.15. The predicted molar refractivity (Wildman–Crippen MR) is 87.2 cm³/mol. The first-order valence-electron chi connectivity index (χ1n) is 7.18. The zero-order chi connectivity index (χ0) is 16.5. The molecular formula is C15H19N3O4S. The van der Waals surface area contributed by atoms with Crippen LogP contribution in [0.4, 0.5) is 5.13 Å². The van der Waals surface area contributed by atoms with Gasteiger partial charge < -0.3 is 14.2 Å². The number of rotatable bonds is 9. The largest absolute Gasteiger partial charge is 0.497 e. The summed E-state index contributed by atoms with van der Waals surface area (Å²) in [6.07, 6.45) is 0.682. The molecule has 2 aromatic rings. The zero-order valence-electron chi connectivity index (χ0n) is 13.1. The van der Waals surface area contributed by atoms with Gasteiger partial charge in [0, 0.05) is 19.1 Å². The van der Waals surface area contributed by atoms with E-state index in [1.807, 2.05) is 6.92 Å². The molecule has 0 radical (unpaired) electrons. The van der Waals surface area contributed by atoms with Crippen molar-refractivity contribution in [3.8, 4) is 11.5 Å². The van der Waals surface area contributed by atoms with Gasteiger partial charge in [0.15, 0.2) is 6.61 Å². The Hall–Kier alpha value is -2.19. The van der Waals surface area contributed by atoms with Crippen LogP contribution in [0.15, 0.2) is 24.3 Å². The average Bonchev–Trinajstić information content (AvgIpc) is 3.01. The lowest BCUT2D eigenvalue weighted by Gasteiger charge is -2.07. The molecule has 0 aliphatic carbocycles. The molecule has 1 heterocycles. The van der Waals surface area contributed by atoms with Gasteiger partial charge >= 0.3 is 0 Å². The molecule has 0 unspecified atom stereocenters. The van der Waals surface area contributed by atoms with E-state index in [9.17, 15) is 4.79 Å². The number of benzene rings is 1. The van der Waals surface area contributed by atoms with Crippen LogP contribution in [0.1, 0.15) is 11.9 Å². The first-order valence-corrected chi connectivity index (χ1v) is 7.99. The van der Waals surface area contributed by atoms with Crippen LogP contribution in [0.3, 0.4) is 0 Å². The standard InChI is InChI=1S/C15H19N3O4S/c1-3-21-8-7-14-17-18-15(23-14)16-13(19)10-22-12-6-4-5-11(9-12)20-2/h4-6,9H,3,7-8,10H2,1-2H3,(H,16,18,19). The van der Waals surface area contributed by atoms with Gasteiger partial charge in [0.1, 0.15) is 16.5 Å². The Morgan fingerprint density at radius 3 is 2.91 bits per heavy atom. The molecule has 1 aromatic heterocycles. The second-order valence-electron chi connectivity index (χ2n) is 4.46. The number of hydrogen-bond donors (Lipinski definition) is 1. The summed E-state index contributed by atoms with van der Waals surface area (Å²) in [6.45, 7) is 3.09. The third-order valence-corrected chi connectivity index (χ3v) is 3.69. The Bertz CT molecular complexity index is 633. The van der Waals surface area contributed by atoms with Crippen LogP contribution in [-0.4, -0.2) is 43.0 Å². The molecule has 0 saturated heterocycles. The van der Waals surface area contributed by atoms with Crippen LogP contribution >= 0.6 is 11.3 Å². The van der Waals surface area contributed by atoms with E-state index in [1.165, 1.54) is 11.3 Å². The highest BCUT2D eigenvalue weighted by Gasteiger charge is 2.09. The molecule has 1 amide bonds. The van der Waals surface area contributed by atoms with Crippen LogP contribution in [0.5, 0.6) is 11.5 Å². The number of carbonyl (C=O) groups excluding carboxylic acids is 1. The SMILES string of the molecule is CCOCCc1nnc(NC(=O)COc2cccc(OC)c2)s1. The minimum absolute atomic E-state index is 0.110. The molecule has 0 saturated carbocycles. The third-order valence-electron chi connectivity index (χ3n) is 2.79. The van der Waals surface area contributed by atoms with Crippen LogP contribution < -0.4 is 14.8 Å². The summed E-state index contributed by atoms with van der Waals surface area (Å²) in [5.74, 6) is 0.945. The highest BCUT2D eigenvalue weighted by Crippen LogP contribution is 2.19. The molecule has 7 nitrogen and oxygen atoms in total. The zero-order valence-corrected chi connectivity index (χ0v) is 13.9. The number of anilines is 1. The summed E-state index contributed by atoms with van der Waals surface area (Å²) in [7, 11) is 1.57. The molecule has 0 spiro atoms. The number of nitrogens with zero attached hydrogens (tertiary/aromatic N) is 2. The van der Waals surface area contributed by atoms with Gasteiger partial charge in [-0.05, 0) is 19.1 Å². The van der Waals surface area contributed by atoms with Gasteiger partial charge in [0.2, 0.25) is 5.13 Å². The molecule has 2 rings (SSSR count). The Balaban J connectivity index is 1.78. The molecule has 1 N–H and O–H groups in total. The second kappa shape index (κ2) is 9.06. The normalized spacial score (nSPS) is 10.3. The molecule has 0 fully saturated rings. The summed E-state index contributed by atoms with van der Waals surface area (Å²) >= 11 is 1.33. The van der Waals surface area contributed by atoms with Crippen molar-refractivity contribution in [2.75, 3.05) is 32.2 Å². The topological polar surface area (TPSA) is 82.6 Å². The molecule has 0 aliphatic rings. The lowest BCUT2D eigenvalue weighted by Crippen LogP contribution is -2.20. The van der Waals surface area contributed by atoms with Crippen molar-refractivity contribution in [3.05, 3.63) is 29.3 Å². The summed E-state index contributed by atoms with van der Waals surface area (Å²) in [4.78, 5) is 11.9. The minimum atomic E-state index is -0.291. The van der Waals surface area contributed by atoms with Crippen LogP contribution in [0.2, 0.25) is 0 Å². The molecule has 0 atom stereocenters. The molecule has 23 heavy (non-hydrogen) atoms. The highest BCUT2D eigenvalue weighted by atomic mass is 32.1. The Morgan fingerprint density at radius 1 is 1.30 bits per heavy atom. The lowest BCUT2D eigenvalue weighted by atomic mass is 10.3. The average molecular weight is 337 g/mol. The number of ether oxygens (including phenoxy) is 3. The lowest BCUT2D eigenvalue weighted by molar-refractivity contribution is -0.118. The summed E-state index contributed by atoms with van der Waals surface area (Å²) in [6, 6.07) is 7.07. The number of nitrogens with one attached hydrogen (secondary N) is 1. The minimum Gasteiger partial charge on any atom is -0.497 e. The Labute approximate surface area is 138 Å². The van der Waals surface area contributed by atoms with E-state index in [0.717, 1.165) is 5.01 Å². The molecule has 124 valence electrons. The van der Waals surface area contributed by atoms with E-state index in [0.29, 0.717) is 36.3 Å². The first kappa shape index (κ1) is 17.2. The van der Waals surface area contributed by atoms with Crippen molar-refractivity contribution in [3.63, 3.8) is 0 Å². The van der Waals surface area contributed by atoms with E-state index < -0.39 is 0 Å². The molecular weight excluding hydrogens is 318 g/mol. The molecule has 8 heteroatoms. The van der Waals surface area contributed by atoms with Gasteiger partial charge in [-0.15, -0.1) is 10.2 Å². The second-order valence-corrected chi connectivity index (χ2v) is 5.53. The fourth-order valence-electron chi connectivity index (χ4n) is 1.70. The number of amides is 1. The fraction of sp³-hybridized carbons (Fsp3) is 0.400. The van der Waals surface area contributed by atoms with Crippen LogP contribution in [0, 0.1) is 0 Å². The van der Waals surface area contributed by atoms with Crippen molar-refractivity contribution in [1.29, 1.82) is 0 Å². The van der Waals surface area contributed by atoms with Crippen molar-refractivity contribution in [2.45, 2.75) is 13.3 Å². The van der Waals surface area contributed by atoms with Crippen LogP contribution in [-0.2, 0) is 16.0 Å². The fourth-order valence-corrected chi connectivity index (χ4v) is 2.44. The predicted octanol–water partition coefficient (Wildman–Crippen LogP) is 2.14. The van der Waals surface area contributed by atoms with Crippen molar-refractivity contribution in [2.24, 2.45) is 0 Å². The summed E-state index contributed by atoms with van der Waals surface area (Å²) in [5.41, 5.74) is 0. The van der Waals surface area contributed by atoms with Gasteiger partial charge in [-0.1, -0.05) is 17.4 Å². The number of carbonyl (C=O) groups is 1. The van der Waals surface area contributed by atoms with Crippen LogP contribution in [0.25, 0.3) is 0 Å². The van der Waals surface area contributed by atoms with Gasteiger partial charge in [-0.3, -0.25) is 10.1 Å². The van der Waals surface area contributed by atoms with Crippen molar-refractivity contribution < 1.29 is 19.0 Å². The molecule has 0 bridgehead atoms. The van der Waals surface area contributed by atoms with E-state index in [4.69, 9.17) is 14.2 Å². The maximum atomic E-state index is 11.9. The third kappa shape index (κ3) is 5.84. The maximum absolute atomic E-state index is 11.9. The van der Waals surface area contributed by atoms with Crippen molar-refractivity contribution >= 4 is 22.4 Å². The number of methoxy groups -OCH3 is 1. The van der Waals surface area contributed by atoms with Gasteiger partial charge in [-0.2, -0.15) is 0 Å². The van der Waals surface area contributed by atoms with Crippen molar-refractivity contribution in [1.82, 2.24) is 10.2 Å². The maximum Gasteiger partial charge on any atom is 0.264 e. The Morgan fingerprint density at radius 2 is 2.13 bits per heavy atom. The van der Waals surface area contributed by atoms with E-state index in [2.05, 4.69) is 15.5 Å². The smallest absolute Gasteiger partial charge is 0.264 e. The van der Waals surface area contributed by atoms with E-state index >= 15 is 0 Å². The number of hydrogen-bond acceptors (Lipinski definition) is 7. The monoisotopic (exact) mass is 337 g/mol. The van der Waals surface area contributed by atoms with E-state index in [1.54, 1.807) is 31.4 Å². The first-order chi connectivity index (χ1) is 11.2. The van der Waals surface area contributed by atoms with E-state index in [-0.39, 0.29) is 12.5 Å². The molecule has 0 aliphatic heterocycles. The van der Waals surface area contributed by atoms with Gasteiger partial charge in [-0.25, -0.2) is 0 Å². The number of aromatic nitrogens is 2. The van der Waals surface area contributed by atoms with Gasteiger partial charge in [0.25, 0.3) is 5.91 Å². The Kier molecular flexibility index (Phi) is 6.76. The summed E-state index contributed by atoms with van der Waals surface area (Å²) < 4.78 is 15.8. The quantitative estimate of drug-likeness (QED) is 0.706.